The van der Waals surface area contributed by atoms with Gasteiger partial charge in [0.15, 0.2) is 0 Å². The van der Waals surface area contributed by atoms with Crippen molar-refractivity contribution in [2.75, 3.05) is 6.54 Å². The normalized spacial score (nSPS) is 37.6. The van der Waals surface area contributed by atoms with E-state index in [0.29, 0.717) is 25.3 Å². The van der Waals surface area contributed by atoms with Gasteiger partial charge in [0.05, 0.1) is 0 Å². The zero-order valence-corrected chi connectivity index (χ0v) is 11.7. The van der Waals surface area contributed by atoms with Crippen LogP contribution in [0.25, 0.3) is 0 Å². The molecule has 0 bridgehead atoms. The van der Waals surface area contributed by atoms with Gasteiger partial charge in [0.1, 0.15) is 12.2 Å². The zero-order valence-electron chi connectivity index (χ0n) is 11.7. The first-order chi connectivity index (χ1) is 9.47. The van der Waals surface area contributed by atoms with Crippen LogP contribution < -0.4 is 5.32 Å². The Morgan fingerprint density at radius 2 is 2.05 bits per heavy atom. The minimum atomic E-state index is -0.668. The summed E-state index contributed by atoms with van der Waals surface area (Å²) >= 11 is 0. The van der Waals surface area contributed by atoms with Crippen LogP contribution in [0.4, 0.5) is 0 Å². The summed E-state index contributed by atoms with van der Waals surface area (Å²) in [5, 5.41) is 23.7. The lowest BCUT2D eigenvalue weighted by molar-refractivity contribution is -0.527. The largest absolute Gasteiger partial charge is 0.458 e. The molecule has 0 spiro atoms. The van der Waals surface area contributed by atoms with Crippen LogP contribution in [0.5, 0.6) is 0 Å². The smallest absolute Gasteiger partial charge is 0.303 e. The Labute approximate surface area is 117 Å². The lowest BCUT2D eigenvalue weighted by Crippen LogP contribution is -2.39. The minimum Gasteiger partial charge on any atom is -0.458 e. The summed E-state index contributed by atoms with van der Waals surface area (Å²) in [5.41, 5.74) is 0. The topological polar surface area (TPSA) is 102 Å². The number of carbonyl (C=O) groups excluding carboxylic acids is 1. The first-order valence-corrected chi connectivity index (χ1v) is 7.19. The van der Waals surface area contributed by atoms with Crippen molar-refractivity contribution in [3.05, 3.63) is 10.1 Å². The number of carbonyl (C=O) groups is 1. The molecule has 2 fully saturated rings. The second-order valence-electron chi connectivity index (χ2n) is 5.85. The molecular weight excluding hydrogens is 264 g/mol. The molecule has 2 aliphatic rings. The molecule has 7 heteroatoms. The standard InChI is InChI=1S/C13H22N2O5/c1-8(16)20-13-11(14-7-12(13)17)6-9-2-4-10(5-3-9)15(18)19/h9-14,17H,2-7H2,1H3/t9?,10?,11-,12+,13+/m1/s1. The van der Waals surface area contributed by atoms with E-state index in [2.05, 4.69) is 5.32 Å². The summed E-state index contributed by atoms with van der Waals surface area (Å²) in [6.07, 6.45) is 2.51. The van der Waals surface area contributed by atoms with E-state index in [4.69, 9.17) is 4.74 Å². The van der Waals surface area contributed by atoms with Crippen LogP contribution in [-0.4, -0.2) is 46.8 Å². The van der Waals surface area contributed by atoms with E-state index in [9.17, 15) is 20.0 Å². The van der Waals surface area contributed by atoms with Gasteiger partial charge in [0.25, 0.3) is 0 Å². The molecule has 7 nitrogen and oxygen atoms in total. The molecule has 0 amide bonds. The van der Waals surface area contributed by atoms with Crippen molar-refractivity contribution in [2.24, 2.45) is 5.92 Å². The Kier molecular flexibility index (Phi) is 4.93. The number of nitrogens with zero attached hydrogens (tertiary/aromatic N) is 1. The number of hydrogen-bond acceptors (Lipinski definition) is 6. The average Bonchev–Trinajstić information content (AvgIpc) is 2.71. The van der Waals surface area contributed by atoms with Crippen molar-refractivity contribution in [3.8, 4) is 0 Å². The number of aliphatic hydroxyl groups excluding tert-OH is 1. The van der Waals surface area contributed by atoms with Crippen LogP contribution in [-0.2, 0) is 9.53 Å². The Morgan fingerprint density at radius 1 is 1.40 bits per heavy atom. The van der Waals surface area contributed by atoms with Crippen LogP contribution in [0.15, 0.2) is 0 Å². The van der Waals surface area contributed by atoms with Gasteiger partial charge in [-0.05, 0) is 25.2 Å². The van der Waals surface area contributed by atoms with Crippen molar-refractivity contribution in [3.63, 3.8) is 0 Å². The van der Waals surface area contributed by atoms with E-state index in [1.165, 1.54) is 6.92 Å². The molecule has 114 valence electrons. The molecule has 20 heavy (non-hydrogen) atoms. The van der Waals surface area contributed by atoms with E-state index < -0.39 is 18.2 Å². The highest BCUT2D eigenvalue weighted by atomic mass is 16.6. The molecule has 1 saturated heterocycles. The highest BCUT2D eigenvalue weighted by molar-refractivity contribution is 5.66. The van der Waals surface area contributed by atoms with Crippen LogP contribution in [0.1, 0.15) is 39.0 Å². The lowest BCUT2D eigenvalue weighted by atomic mass is 9.82. The molecule has 0 radical (unpaired) electrons. The molecule has 0 aromatic heterocycles. The van der Waals surface area contributed by atoms with Gasteiger partial charge >= 0.3 is 5.97 Å². The number of β-amino-alcohol motifs (C(OH)–C–C–N with tert-alkyl or cyclic N) is 1. The third-order valence-corrected chi connectivity index (χ3v) is 4.37. The molecule has 3 atom stereocenters. The maximum absolute atomic E-state index is 11.1. The predicted octanol–water partition coefficient (Wildman–Crippen LogP) is 0.476. The first-order valence-electron chi connectivity index (χ1n) is 7.19. The van der Waals surface area contributed by atoms with Gasteiger partial charge in [0, 0.05) is 37.3 Å². The summed E-state index contributed by atoms with van der Waals surface area (Å²) in [7, 11) is 0. The molecule has 2 rings (SSSR count). The van der Waals surface area contributed by atoms with Crippen molar-refractivity contribution < 1.29 is 19.6 Å². The number of ether oxygens (including phenoxy) is 1. The Balaban J connectivity index is 1.84. The van der Waals surface area contributed by atoms with E-state index >= 15 is 0 Å². The number of rotatable bonds is 4. The van der Waals surface area contributed by atoms with Crippen LogP contribution in [0, 0.1) is 16.0 Å². The second-order valence-corrected chi connectivity index (χ2v) is 5.85. The highest BCUT2D eigenvalue weighted by Gasteiger charge is 2.39. The van der Waals surface area contributed by atoms with Crippen molar-refractivity contribution in [1.29, 1.82) is 0 Å². The molecule has 1 heterocycles. The van der Waals surface area contributed by atoms with Crippen molar-refractivity contribution >= 4 is 5.97 Å². The van der Waals surface area contributed by atoms with Crippen LogP contribution in [0.2, 0.25) is 0 Å². The zero-order chi connectivity index (χ0) is 14.7. The van der Waals surface area contributed by atoms with E-state index in [-0.39, 0.29) is 16.9 Å². The van der Waals surface area contributed by atoms with Crippen molar-refractivity contribution in [1.82, 2.24) is 5.32 Å². The number of aliphatic hydroxyl groups is 1. The van der Waals surface area contributed by atoms with Gasteiger partial charge < -0.3 is 15.2 Å². The molecule has 0 aromatic rings. The third kappa shape index (κ3) is 3.67. The SMILES string of the molecule is CC(=O)O[C@@H]1[C@@H](O)CN[C@@H]1CC1CCC([N+](=O)[O-])CC1. The molecule has 0 aromatic carbocycles. The van der Waals surface area contributed by atoms with E-state index in [1.807, 2.05) is 0 Å². The summed E-state index contributed by atoms with van der Waals surface area (Å²) in [4.78, 5) is 21.6. The Hall–Kier alpha value is -1.21. The minimum absolute atomic E-state index is 0.0499. The average molecular weight is 286 g/mol. The maximum Gasteiger partial charge on any atom is 0.303 e. The predicted molar refractivity (Wildman–Crippen MR) is 70.7 cm³/mol. The van der Waals surface area contributed by atoms with Gasteiger partial charge in [-0.2, -0.15) is 0 Å². The highest BCUT2D eigenvalue weighted by Crippen LogP contribution is 2.31. The summed E-state index contributed by atoms with van der Waals surface area (Å²) in [6.45, 7) is 1.76. The number of nitro groups is 1. The fourth-order valence-corrected chi connectivity index (χ4v) is 3.29. The van der Waals surface area contributed by atoms with Crippen LogP contribution in [0.3, 0.4) is 0 Å². The molecular formula is C13H22N2O5. The number of esters is 1. The Morgan fingerprint density at radius 3 is 2.60 bits per heavy atom. The molecule has 2 N–H and O–H groups in total. The van der Waals surface area contributed by atoms with E-state index in [1.54, 1.807) is 0 Å². The molecule has 1 aliphatic heterocycles. The van der Waals surface area contributed by atoms with Gasteiger partial charge in [0.2, 0.25) is 6.04 Å². The Bertz CT molecular complexity index is 368. The summed E-state index contributed by atoms with van der Waals surface area (Å²) in [6, 6.07) is -0.455. The third-order valence-electron chi connectivity index (χ3n) is 4.37. The maximum atomic E-state index is 11.1. The quantitative estimate of drug-likeness (QED) is 0.443. The van der Waals surface area contributed by atoms with Gasteiger partial charge in [-0.1, -0.05) is 0 Å². The summed E-state index contributed by atoms with van der Waals surface area (Å²) in [5.74, 6) is 0.00636. The van der Waals surface area contributed by atoms with Gasteiger partial charge in [-0.15, -0.1) is 0 Å². The van der Waals surface area contributed by atoms with E-state index in [0.717, 1.165) is 19.3 Å². The molecule has 1 saturated carbocycles. The summed E-state index contributed by atoms with van der Waals surface area (Å²) < 4.78 is 5.18. The monoisotopic (exact) mass is 286 g/mol. The lowest BCUT2D eigenvalue weighted by Gasteiger charge is -2.28. The van der Waals surface area contributed by atoms with Crippen molar-refractivity contribution in [2.45, 2.75) is 63.3 Å². The van der Waals surface area contributed by atoms with Gasteiger partial charge in [-0.25, -0.2) is 0 Å². The van der Waals surface area contributed by atoms with Gasteiger partial charge in [-0.3, -0.25) is 14.9 Å². The molecule has 1 aliphatic carbocycles. The molecule has 0 unspecified atom stereocenters. The second kappa shape index (κ2) is 6.49. The fraction of sp³-hybridized carbons (Fsp3) is 0.923. The first kappa shape index (κ1) is 15.2. The number of hydrogen-bond donors (Lipinski definition) is 2. The number of nitrogens with one attached hydrogen (secondary N) is 1. The fourth-order valence-electron chi connectivity index (χ4n) is 3.29. The van der Waals surface area contributed by atoms with Crippen LogP contribution >= 0.6 is 0 Å².